The summed E-state index contributed by atoms with van der Waals surface area (Å²) in [4.78, 5) is 38.6. The molecule has 0 spiro atoms. The van der Waals surface area contributed by atoms with Gasteiger partial charge in [0.1, 0.15) is 17.8 Å². The third kappa shape index (κ3) is 4.21. The molecule has 0 aromatic heterocycles. The molecule has 2 aromatic carbocycles. The largest absolute Gasteiger partial charge is 0.366 e. The molecule has 3 aliphatic heterocycles. The van der Waals surface area contributed by atoms with Crippen molar-refractivity contribution < 1.29 is 24.1 Å². The van der Waals surface area contributed by atoms with Gasteiger partial charge in [0.05, 0.1) is 9.85 Å². The standard InChI is InChI=1S/C27H30N4O7/c1-16-15-29(25(32)27(5)24(38-27)20-8-12-22(13-9-20)31(35)36)17(2)14-28(16)18(3)26(4)23(37-26)19-6-10-21(11-7-19)30(33)34/h6-13,16-17,23-24H,3,14-15H2,1-2,4-5H3/t16-,17-,23+,24+,26+,27-/m0/s1. The van der Waals surface area contributed by atoms with Crippen LogP contribution in [0, 0.1) is 20.2 Å². The van der Waals surface area contributed by atoms with Gasteiger partial charge in [-0.2, -0.15) is 0 Å². The number of hydrogen-bond acceptors (Lipinski definition) is 8. The van der Waals surface area contributed by atoms with Crippen molar-refractivity contribution in [2.45, 2.75) is 63.2 Å². The Morgan fingerprint density at radius 2 is 1.21 bits per heavy atom. The lowest BCUT2D eigenvalue weighted by atomic mass is 9.94. The number of carbonyl (C=O) groups is 1. The van der Waals surface area contributed by atoms with Crippen molar-refractivity contribution in [2.24, 2.45) is 0 Å². The second-order valence-corrected chi connectivity index (χ2v) is 10.7. The summed E-state index contributed by atoms with van der Waals surface area (Å²) >= 11 is 0. The van der Waals surface area contributed by atoms with Gasteiger partial charge in [-0.3, -0.25) is 25.0 Å². The highest BCUT2D eigenvalue weighted by Crippen LogP contribution is 2.55. The summed E-state index contributed by atoms with van der Waals surface area (Å²) in [5.41, 5.74) is 0.761. The van der Waals surface area contributed by atoms with Crippen LogP contribution in [0.15, 0.2) is 60.8 Å². The molecule has 11 nitrogen and oxygen atoms in total. The molecule has 3 saturated heterocycles. The summed E-state index contributed by atoms with van der Waals surface area (Å²) in [6.07, 6.45) is -0.702. The third-order valence-electron chi connectivity index (χ3n) is 8.02. The van der Waals surface area contributed by atoms with E-state index in [-0.39, 0.29) is 35.5 Å². The Hall–Kier alpha value is -3.83. The third-order valence-corrected chi connectivity index (χ3v) is 8.02. The first-order valence-electron chi connectivity index (χ1n) is 12.5. The van der Waals surface area contributed by atoms with Gasteiger partial charge in [-0.05, 0) is 63.1 Å². The monoisotopic (exact) mass is 522 g/mol. The van der Waals surface area contributed by atoms with E-state index in [0.29, 0.717) is 13.1 Å². The molecule has 5 rings (SSSR count). The van der Waals surface area contributed by atoms with Crippen LogP contribution < -0.4 is 0 Å². The highest BCUT2D eigenvalue weighted by molar-refractivity contribution is 5.89. The van der Waals surface area contributed by atoms with Gasteiger partial charge in [0.25, 0.3) is 17.3 Å². The molecule has 3 fully saturated rings. The average Bonchev–Trinajstić information content (AvgIpc) is 3.79. The lowest BCUT2D eigenvalue weighted by molar-refractivity contribution is -0.385. The van der Waals surface area contributed by atoms with E-state index >= 15 is 0 Å². The number of carbonyl (C=O) groups excluding carboxylic acids is 1. The highest BCUT2D eigenvalue weighted by atomic mass is 16.6. The highest BCUT2D eigenvalue weighted by Gasteiger charge is 2.62. The molecule has 0 radical (unpaired) electrons. The van der Waals surface area contributed by atoms with Gasteiger partial charge in [-0.25, -0.2) is 0 Å². The van der Waals surface area contributed by atoms with Gasteiger partial charge in [0, 0.05) is 55.1 Å². The van der Waals surface area contributed by atoms with Crippen LogP contribution in [0.5, 0.6) is 0 Å². The van der Waals surface area contributed by atoms with E-state index < -0.39 is 27.2 Å². The Morgan fingerprint density at radius 3 is 1.68 bits per heavy atom. The fraction of sp³-hybridized carbons (Fsp3) is 0.444. The number of nitro groups is 2. The quantitative estimate of drug-likeness (QED) is 0.298. The van der Waals surface area contributed by atoms with Crippen LogP contribution >= 0.6 is 0 Å². The fourth-order valence-corrected chi connectivity index (χ4v) is 5.47. The zero-order chi connectivity index (χ0) is 27.6. The van der Waals surface area contributed by atoms with Crippen LogP contribution in [0.1, 0.15) is 51.0 Å². The predicted octanol–water partition coefficient (Wildman–Crippen LogP) is 4.30. The molecule has 200 valence electrons. The lowest BCUT2D eigenvalue weighted by Crippen LogP contribution is -2.60. The molecule has 1 amide bonds. The molecule has 0 bridgehead atoms. The molecule has 3 aliphatic rings. The number of piperazine rings is 1. The van der Waals surface area contributed by atoms with Crippen LogP contribution in [0.4, 0.5) is 11.4 Å². The number of benzene rings is 2. The van der Waals surface area contributed by atoms with E-state index in [9.17, 15) is 25.0 Å². The second-order valence-electron chi connectivity index (χ2n) is 10.7. The van der Waals surface area contributed by atoms with E-state index in [2.05, 4.69) is 11.5 Å². The summed E-state index contributed by atoms with van der Waals surface area (Å²) in [6, 6.07) is 12.3. The van der Waals surface area contributed by atoms with Gasteiger partial charge >= 0.3 is 0 Å². The van der Waals surface area contributed by atoms with E-state index in [1.807, 2.05) is 25.7 Å². The van der Waals surface area contributed by atoms with Crippen molar-refractivity contribution in [3.8, 4) is 0 Å². The number of hydrogen-bond donors (Lipinski definition) is 0. The number of ether oxygens (including phenoxy) is 2. The molecular formula is C27H30N4O7. The van der Waals surface area contributed by atoms with Crippen LogP contribution in [0.25, 0.3) is 0 Å². The van der Waals surface area contributed by atoms with Gasteiger partial charge < -0.3 is 19.3 Å². The Labute approximate surface area is 219 Å². The average molecular weight is 523 g/mol. The maximum Gasteiger partial charge on any atom is 0.269 e. The lowest BCUT2D eigenvalue weighted by Gasteiger charge is -2.47. The molecule has 0 aliphatic carbocycles. The van der Waals surface area contributed by atoms with Crippen molar-refractivity contribution in [2.75, 3.05) is 13.1 Å². The number of rotatable bonds is 7. The van der Waals surface area contributed by atoms with Gasteiger partial charge in [0.2, 0.25) is 0 Å². The first-order valence-corrected chi connectivity index (χ1v) is 12.5. The van der Waals surface area contributed by atoms with Crippen LogP contribution in [-0.4, -0.2) is 61.9 Å². The summed E-state index contributed by atoms with van der Waals surface area (Å²) in [7, 11) is 0. The first kappa shape index (κ1) is 25.8. The van der Waals surface area contributed by atoms with Crippen LogP contribution in [0.3, 0.4) is 0 Å². The van der Waals surface area contributed by atoms with Crippen LogP contribution in [-0.2, 0) is 14.3 Å². The molecule has 0 saturated carbocycles. The summed E-state index contributed by atoms with van der Waals surface area (Å²) in [5.74, 6) is -0.108. The first-order chi connectivity index (χ1) is 17.9. The van der Waals surface area contributed by atoms with Crippen molar-refractivity contribution in [1.29, 1.82) is 0 Å². The number of amides is 1. The van der Waals surface area contributed by atoms with Crippen molar-refractivity contribution in [1.82, 2.24) is 9.80 Å². The minimum atomic E-state index is -1.02. The molecule has 0 unspecified atom stereocenters. The fourth-order valence-electron chi connectivity index (χ4n) is 5.47. The molecule has 6 atom stereocenters. The molecule has 38 heavy (non-hydrogen) atoms. The molecule has 0 N–H and O–H groups in total. The van der Waals surface area contributed by atoms with Crippen LogP contribution in [0.2, 0.25) is 0 Å². The minimum absolute atomic E-state index is 0.00890. The van der Waals surface area contributed by atoms with Crippen molar-refractivity contribution in [3.63, 3.8) is 0 Å². The maximum atomic E-state index is 13.6. The van der Waals surface area contributed by atoms with Gasteiger partial charge in [0.15, 0.2) is 5.60 Å². The Balaban J connectivity index is 1.23. The van der Waals surface area contributed by atoms with E-state index in [0.717, 1.165) is 16.8 Å². The van der Waals surface area contributed by atoms with Gasteiger partial charge in [-0.15, -0.1) is 0 Å². The maximum absolute atomic E-state index is 13.6. The summed E-state index contributed by atoms with van der Waals surface area (Å²) in [5, 5.41) is 21.9. The number of nitro benzene ring substituents is 2. The van der Waals surface area contributed by atoms with Crippen molar-refractivity contribution >= 4 is 17.3 Å². The topological polar surface area (TPSA) is 135 Å². The molecular weight excluding hydrogens is 492 g/mol. The SMILES string of the molecule is C=C(N1C[C@H](C)N(C(=O)[C@@]2(C)O[C@@H]2c2ccc([N+](=O)[O-])cc2)C[C@@H]1C)[C@@]1(C)O[C@@H]1c1ccc([N+](=O)[O-])cc1. The van der Waals surface area contributed by atoms with Crippen molar-refractivity contribution in [3.05, 3.63) is 92.2 Å². The number of epoxide rings is 2. The molecule has 2 aromatic rings. The van der Waals surface area contributed by atoms with Gasteiger partial charge in [-0.1, -0.05) is 6.58 Å². The summed E-state index contributed by atoms with van der Waals surface area (Å²) < 4.78 is 11.9. The Bertz CT molecular complexity index is 1210. The normalized spacial score (nSPS) is 32.0. The van der Waals surface area contributed by atoms with E-state index in [4.69, 9.17) is 9.47 Å². The molecule has 11 heteroatoms. The number of non-ortho nitro benzene ring substituents is 2. The Kier molecular flexibility index (Phi) is 6.03. The second kappa shape index (κ2) is 8.88. The zero-order valence-corrected chi connectivity index (χ0v) is 21.7. The molecule has 3 heterocycles. The van der Waals surface area contributed by atoms with E-state index in [1.165, 1.54) is 24.3 Å². The minimum Gasteiger partial charge on any atom is -0.366 e. The predicted molar refractivity (Wildman–Crippen MR) is 137 cm³/mol. The number of nitrogens with zero attached hydrogens (tertiary/aromatic N) is 4. The smallest absolute Gasteiger partial charge is 0.269 e. The summed E-state index contributed by atoms with van der Waals surface area (Å²) in [6.45, 7) is 13.1. The Morgan fingerprint density at radius 1 is 0.816 bits per heavy atom. The zero-order valence-electron chi connectivity index (χ0n) is 21.7. The van der Waals surface area contributed by atoms with E-state index in [1.54, 1.807) is 31.2 Å².